The molecule has 12 nitrogen and oxygen atoms in total. The Kier molecular flexibility index (Phi) is 7.99. The average molecular weight is 522 g/mol. The number of carbonyl (C=O) groups is 2. The molecule has 0 radical (unpaired) electrons. The molecular weight excluding hydrogens is 486 g/mol. The van der Waals surface area contributed by atoms with Crippen LogP contribution < -0.4 is 21.3 Å². The molecule has 0 bridgehead atoms. The van der Waals surface area contributed by atoms with Gasteiger partial charge in [-0.05, 0) is 42.2 Å². The zero-order valence-corrected chi connectivity index (χ0v) is 22.3. The Balaban J connectivity index is 1.40. The number of anilines is 5. The lowest BCUT2D eigenvalue weighted by Gasteiger charge is -2.22. The van der Waals surface area contributed by atoms with E-state index in [1.807, 2.05) is 37.8 Å². The fourth-order valence-electron chi connectivity index (χ4n) is 3.94. The molecular formula is C26H35N9O3. The summed E-state index contributed by atoms with van der Waals surface area (Å²) in [5.41, 5.74) is 8.14. The van der Waals surface area contributed by atoms with Gasteiger partial charge in [0.1, 0.15) is 5.82 Å². The minimum atomic E-state index is -0.498. The van der Waals surface area contributed by atoms with Gasteiger partial charge < -0.3 is 25.6 Å². The van der Waals surface area contributed by atoms with E-state index in [-0.39, 0.29) is 17.3 Å². The molecule has 1 aromatic carbocycles. The van der Waals surface area contributed by atoms with Crippen LogP contribution in [0.2, 0.25) is 0 Å². The van der Waals surface area contributed by atoms with Gasteiger partial charge in [-0.25, -0.2) is 9.78 Å². The summed E-state index contributed by atoms with van der Waals surface area (Å²) in [7, 11) is 0. The highest BCUT2D eigenvalue weighted by molar-refractivity contribution is 5.85. The summed E-state index contributed by atoms with van der Waals surface area (Å²) in [6.45, 7) is 10.8. The molecule has 0 atom stereocenters. The first kappa shape index (κ1) is 26.7. The van der Waals surface area contributed by atoms with E-state index >= 15 is 0 Å². The van der Waals surface area contributed by atoms with Crippen molar-refractivity contribution >= 4 is 41.1 Å². The predicted octanol–water partition coefficient (Wildman–Crippen LogP) is 3.64. The van der Waals surface area contributed by atoms with Crippen LogP contribution in [-0.4, -0.2) is 69.4 Å². The number of hydrogen-bond donors (Lipinski definition) is 3. The van der Waals surface area contributed by atoms with Gasteiger partial charge in [0.15, 0.2) is 0 Å². The van der Waals surface area contributed by atoms with Crippen molar-refractivity contribution in [3.63, 3.8) is 0 Å². The summed E-state index contributed by atoms with van der Waals surface area (Å²) in [6.07, 6.45) is 2.09. The van der Waals surface area contributed by atoms with Crippen LogP contribution in [0.1, 0.15) is 34.1 Å². The van der Waals surface area contributed by atoms with Crippen molar-refractivity contribution in [3.05, 3.63) is 42.6 Å². The summed E-state index contributed by atoms with van der Waals surface area (Å²) in [4.78, 5) is 36.6. The molecule has 1 fully saturated rings. The summed E-state index contributed by atoms with van der Waals surface area (Å²) in [5.74, 6) is 1.44. The number of benzene rings is 1. The second kappa shape index (κ2) is 11.4. The van der Waals surface area contributed by atoms with Crippen LogP contribution in [0.15, 0.2) is 42.6 Å². The Morgan fingerprint density at radius 3 is 2.50 bits per heavy atom. The summed E-state index contributed by atoms with van der Waals surface area (Å²) < 4.78 is 6.79. The van der Waals surface area contributed by atoms with Gasteiger partial charge in [0.2, 0.25) is 17.8 Å². The normalized spacial score (nSPS) is 14.1. The lowest BCUT2D eigenvalue weighted by molar-refractivity contribution is -0.128. The molecule has 38 heavy (non-hydrogen) atoms. The van der Waals surface area contributed by atoms with E-state index in [9.17, 15) is 9.59 Å². The zero-order valence-electron chi connectivity index (χ0n) is 22.3. The van der Waals surface area contributed by atoms with Gasteiger partial charge in [0.25, 0.3) is 0 Å². The Labute approximate surface area is 222 Å². The number of hydrogen-bond acceptors (Lipinski definition) is 9. The Morgan fingerprint density at radius 1 is 1.05 bits per heavy atom. The topological polar surface area (TPSA) is 144 Å². The van der Waals surface area contributed by atoms with Crippen LogP contribution >= 0.6 is 0 Å². The van der Waals surface area contributed by atoms with E-state index in [1.165, 1.54) is 0 Å². The van der Waals surface area contributed by atoms with E-state index in [0.717, 1.165) is 36.7 Å². The Hall–Kier alpha value is -4.35. The van der Waals surface area contributed by atoms with Crippen LogP contribution in [0, 0.1) is 5.41 Å². The first-order valence-electron chi connectivity index (χ1n) is 12.6. The van der Waals surface area contributed by atoms with Gasteiger partial charge in [-0.3, -0.25) is 10.1 Å². The number of aromatic nitrogens is 4. The van der Waals surface area contributed by atoms with E-state index < -0.39 is 6.09 Å². The highest BCUT2D eigenvalue weighted by atomic mass is 16.5. The fourth-order valence-corrected chi connectivity index (χ4v) is 3.94. The molecule has 0 saturated carbocycles. The van der Waals surface area contributed by atoms with Crippen LogP contribution in [0.25, 0.3) is 5.69 Å². The van der Waals surface area contributed by atoms with Gasteiger partial charge >= 0.3 is 6.09 Å². The molecule has 2 aromatic heterocycles. The molecule has 4 rings (SSSR count). The minimum absolute atomic E-state index is 0.0912. The number of nitrogen functional groups attached to an aromatic ring is 1. The molecule has 4 N–H and O–H groups in total. The second-order valence-electron chi connectivity index (χ2n) is 10.4. The first-order chi connectivity index (χ1) is 18.1. The van der Waals surface area contributed by atoms with Gasteiger partial charge in [-0.2, -0.15) is 9.67 Å². The fraction of sp³-hybridized carbons (Fsp3) is 0.423. The molecule has 2 amide bonds. The maximum atomic E-state index is 12.0. The molecule has 0 unspecified atom stereocenters. The summed E-state index contributed by atoms with van der Waals surface area (Å²) in [6, 6.07) is 10.8. The van der Waals surface area contributed by atoms with E-state index in [2.05, 4.69) is 30.6 Å². The van der Waals surface area contributed by atoms with E-state index in [4.69, 9.17) is 10.5 Å². The number of ether oxygens (including phenoxy) is 1. The van der Waals surface area contributed by atoms with Crippen molar-refractivity contribution in [2.75, 3.05) is 54.1 Å². The van der Waals surface area contributed by atoms with Crippen LogP contribution in [0.5, 0.6) is 0 Å². The number of pyridine rings is 1. The number of carbonyl (C=O) groups excluding carboxylic acids is 2. The lowest BCUT2D eigenvalue weighted by Crippen LogP contribution is -2.33. The highest BCUT2D eigenvalue weighted by Crippen LogP contribution is 2.22. The highest BCUT2D eigenvalue weighted by Gasteiger charge is 2.19. The lowest BCUT2D eigenvalue weighted by atomic mass is 9.99. The third kappa shape index (κ3) is 7.11. The van der Waals surface area contributed by atoms with Gasteiger partial charge in [0, 0.05) is 56.7 Å². The van der Waals surface area contributed by atoms with E-state index in [1.54, 1.807) is 42.1 Å². The number of nitrogens with two attached hydrogens (primary N) is 1. The molecule has 0 aliphatic carbocycles. The molecule has 202 valence electrons. The van der Waals surface area contributed by atoms with Gasteiger partial charge in [0.05, 0.1) is 12.3 Å². The first-order valence-corrected chi connectivity index (χ1v) is 12.6. The van der Waals surface area contributed by atoms with Crippen molar-refractivity contribution in [1.29, 1.82) is 0 Å². The van der Waals surface area contributed by atoms with Crippen molar-refractivity contribution in [2.45, 2.75) is 34.1 Å². The molecule has 1 aliphatic heterocycles. The van der Waals surface area contributed by atoms with Crippen molar-refractivity contribution in [1.82, 2.24) is 24.6 Å². The third-order valence-electron chi connectivity index (χ3n) is 5.89. The Bertz CT molecular complexity index is 1270. The van der Waals surface area contributed by atoms with Gasteiger partial charge in [-0.15, -0.1) is 5.10 Å². The molecule has 3 heterocycles. The summed E-state index contributed by atoms with van der Waals surface area (Å²) in [5, 5.41) is 10.4. The maximum absolute atomic E-state index is 12.0. The molecule has 0 spiro atoms. The third-order valence-corrected chi connectivity index (χ3v) is 5.89. The average Bonchev–Trinajstić information content (AvgIpc) is 3.07. The number of nitrogens with one attached hydrogen (secondary N) is 2. The largest absolute Gasteiger partial charge is 0.449 e. The molecule has 1 saturated heterocycles. The van der Waals surface area contributed by atoms with Crippen LogP contribution in [0.4, 0.5) is 33.9 Å². The maximum Gasteiger partial charge on any atom is 0.411 e. The standard InChI is InChI=1S/C26H35N9O3/c1-18(36)33-12-5-13-34(15-14-33)22-16-21(10-11-28-22)35-23(27)31-24(32-35)29-19-6-8-20(9-7-19)30-25(37)38-17-26(2,3)4/h6-11,16H,5,12-15,17H2,1-4H3,(H,30,37)(H3,27,29,31,32). The molecule has 3 aromatic rings. The second-order valence-corrected chi connectivity index (χ2v) is 10.4. The molecule has 12 heteroatoms. The van der Waals surface area contributed by atoms with Crippen molar-refractivity contribution in [3.8, 4) is 5.69 Å². The Morgan fingerprint density at radius 2 is 1.79 bits per heavy atom. The van der Waals surface area contributed by atoms with Crippen molar-refractivity contribution in [2.24, 2.45) is 5.41 Å². The van der Waals surface area contributed by atoms with Crippen LogP contribution in [0.3, 0.4) is 0 Å². The zero-order chi connectivity index (χ0) is 27.3. The number of amides is 2. The van der Waals surface area contributed by atoms with Crippen molar-refractivity contribution < 1.29 is 14.3 Å². The smallest absolute Gasteiger partial charge is 0.411 e. The van der Waals surface area contributed by atoms with Gasteiger partial charge in [-0.1, -0.05) is 20.8 Å². The van der Waals surface area contributed by atoms with Crippen LogP contribution in [-0.2, 0) is 9.53 Å². The van der Waals surface area contributed by atoms with E-state index in [0.29, 0.717) is 31.3 Å². The number of rotatable bonds is 6. The predicted molar refractivity (Wildman–Crippen MR) is 147 cm³/mol. The quantitative estimate of drug-likeness (QED) is 0.443. The molecule has 1 aliphatic rings. The summed E-state index contributed by atoms with van der Waals surface area (Å²) >= 11 is 0. The minimum Gasteiger partial charge on any atom is -0.449 e. The SMILES string of the molecule is CC(=O)N1CCCN(c2cc(-n3nc(Nc4ccc(NC(=O)OCC(C)(C)C)cc4)nc3N)ccn2)CC1. The number of nitrogens with zero attached hydrogens (tertiary/aromatic N) is 6. The monoisotopic (exact) mass is 521 g/mol.